The predicted octanol–water partition coefficient (Wildman–Crippen LogP) is 2.27. The molecule has 2 aromatic rings. The normalized spacial score (nSPS) is 10.7. The Hall–Kier alpha value is -2.01. The summed E-state index contributed by atoms with van der Waals surface area (Å²) in [6.45, 7) is 2.88. The highest BCUT2D eigenvalue weighted by atomic mass is 16.5. The summed E-state index contributed by atoms with van der Waals surface area (Å²) in [6.07, 6.45) is 1.68. The highest BCUT2D eigenvalue weighted by Gasteiger charge is 2.13. The molecule has 0 amide bonds. The van der Waals surface area contributed by atoms with E-state index in [-0.39, 0.29) is 6.61 Å². The lowest BCUT2D eigenvalue weighted by Gasteiger charge is -2.09. The van der Waals surface area contributed by atoms with Gasteiger partial charge in [-0.1, -0.05) is 12.1 Å². The number of nitrogens with one attached hydrogen (secondary N) is 1. The summed E-state index contributed by atoms with van der Waals surface area (Å²) >= 11 is 0. The molecule has 0 aliphatic carbocycles. The molecule has 0 unspecified atom stereocenters. The molecule has 5 nitrogen and oxygen atoms in total. The van der Waals surface area contributed by atoms with Crippen LogP contribution in [0.1, 0.15) is 23.2 Å². The smallest absolute Gasteiger partial charge is 0.216 e. The van der Waals surface area contributed by atoms with Crippen LogP contribution < -0.4 is 10.1 Å². The molecule has 1 heterocycles. The molecule has 2 rings (SSSR count). The number of hydrogen-bond donors (Lipinski definition) is 2. The van der Waals surface area contributed by atoms with Crippen molar-refractivity contribution in [1.82, 2.24) is 9.78 Å². The van der Waals surface area contributed by atoms with Gasteiger partial charge in [0.1, 0.15) is 0 Å². The molecule has 0 bridgehead atoms. The number of hydrogen-bond acceptors (Lipinski definition) is 4. The Balaban J connectivity index is 2.06. The van der Waals surface area contributed by atoms with Gasteiger partial charge in [0, 0.05) is 25.9 Å². The first-order valence-electron chi connectivity index (χ1n) is 7.16. The number of ether oxygens (including phenoxy) is 1. The molecule has 2 N–H and O–H groups in total. The molecule has 0 aliphatic rings. The Morgan fingerprint density at radius 2 is 2.19 bits per heavy atom. The SMILES string of the molecule is COc1c(CNc2cccc(CCCO)c2)c(C)nn1C. The van der Waals surface area contributed by atoms with Gasteiger partial charge in [-0.15, -0.1) is 0 Å². The molecule has 0 atom stereocenters. The third kappa shape index (κ3) is 3.76. The van der Waals surface area contributed by atoms with Crippen LogP contribution in [0, 0.1) is 6.92 Å². The molecule has 5 heteroatoms. The van der Waals surface area contributed by atoms with E-state index in [1.54, 1.807) is 11.8 Å². The predicted molar refractivity (Wildman–Crippen MR) is 83.7 cm³/mol. The number of anilines is 1. The van der Waals surface area contributed by atoms with E-state index in [1.807, 2.05) is 26.1 Å². The van der Waals surface area contributed by atoms with Crippen molar-refractivity contribution in [3.8, 4) is 5.88 Å². The van der Waals surface area contributed by atoms with Gasteiger partial charge >= 0.3 is 0 Å². The van der Waals surface area contributed by atoms with E-state index in [2.05, 4.69) is 22.5 Å². The van der Waals surface area contributed by atoms with Crippen molar-refractivity contribution in [2.75, 3.05) is 19.0 Å². The van der Waals surface area contributed by atoms with Crippen molar-refractivity contribution in [3.63, 3.8) is 0 Å². The van der Waals surface area contributed by atoms with E-state index in [0.717, 1.165) is 35.7 Å². The van der Waals surface area contributed by atoms with Crippen molar-refractivity contribution < 1.29 is 9.84 Å². The Morgan fingerprint density at radius 3 is 2.90 bits per heavy atom. The summed E-state index contributed by atoms with van der Waals surface area (Å²) in [7, 11) is 3.54. The fraction of sp³-hybridized carbons (Fsp3) is 0.438. The van der Waals surface area contributed by atoms with Gasteiger partial charge in [0.2, 0.25) is 5.88 Å². The number of aliphatic hydroxyl groups is 1. The highest BCUT2D eigenvalue weighted by Crippen LogP contribution is 2.22. The molecule has 0 spiro atoms. The van der Waals surface area contributed by atoms with E-state index in [1.165, 1.54) is 5.56 Å². The van der Waals surface area contributed by atoms with Gasteiger partial charge in [0.25, 0.3) is 0 Å². The molecule has 1 aromatic heterocycles. The van der Waals surface area contributed by atoms with Crippen molar-refractivity contribution >= 4 is 5.69 Å². The van der Waals surface area contributed by atoms with Gasteiger partial charge in [-0.05, 0) is 37.5 Å². The summed E-state index contributed by atoms with van der Waals surface area (Å²) in [5, 5.41) is 16.7. The van der Waals surface area contributed by atoms with Crippen molar-refractivity contribution in [3.05, 3.63) is 41.1 Å². The van der Waals surface area contributed by atoms with Crippen LogP contribution in [-0.2, 0) is 20.0 Å². The maximum absolute atomic E-state index is 8.90. The lowest BCUT2D eigenvalue weighted by Crippen LogP contribution is -2.03. The summed E-state index contributed by atoms with van der Waals surface area (Å²) < 4.78 is 7.15. The van der Waals surface area contributed by atoms with Crippen LogP contribution in [0.3, 0.4) is 0 Å². The van der Waals surface area contributed by atoms with Crippen molar-refractivity contribution in [2.45, 2.75) is 26.3 Å². The largest absolute Gasteiger partial charge is 0.481 e. The zero-order valence-corrected chi connectivity index (χ0v) is 12.9. The number of benzene rings is 1. The number of aliphatic hydroxyl groups excluding tert-OH is 1. The van der Waals surface area contributed by atoms with E-state index >= 15 is 0 Å². The monoisotopic (exact) mass is 289 g/mol. The Kier molecular flexibility index (Phi) is 5.22. The maximum Gasteiger partial charge on any atom is 0.216 e. The summed E-state index contributed by atoms with van der Waals surface area (Å²) in [4.78, 5) is 0. The van der Waals surface area contributed by atoms with E-state index in [0.29, 0.717) is 6.54 Å². The lowest BCUT2D eigenvalue weighted by molar-refractivity contribution is 0.288. The first kappa shape index (κ1) is 15.4. The Labute approximate surface area is 125 Å². The molecule has 21 heavy (non-hydrogen) atoms. The summed E-state index contributed by atoms with van der Waals surface area (Å²) in [5.74, 6) is 0.788. The van der Waals surface area contributed by atoms with Crippen LogP contribution in [0.2, 0.25) is 0 Å². The molecule has 0 saturated carbocycles. The number of nitrogens with zero attached hydrogens (tertiary/aromatic N) is 2. The maximum atomic E-state index is 8.90. The second kappa shape index (κ2) is 7.13. The topological polar surface area (TPSA) is 59.3 Å². The van der Waals surface area contributed by atoms with E-state index in [4.69, 9.17) is 9.84 Å². The summed E-state index contributed by atoms with van der Waals surface area (Å²) in [6, 6.07) is 8.27. The van der Waals surface area contributed by atoms with Gasteiger partial charge in [0.05, 0.1) is 18.4 Å². The average molecular weight is 289 g/mol. The van der Waals surface area contributed by atoms with Gasteiger partial charge in [-0.25, -0.2) is 4.68 Å². The molecule has 0 radical (unpaired) electrons. The molecule has 0 aliphatic heterocycles. The number of methoxy groups -OCH3 is 1. The molecule has 114 valence electrons. The second-order valence-corrected chi connectivity index (χ2v) is 5.08. The van der Waals surface area contributed by atoms with Crippen LogP contribution in [0.4, 0.5) is 5.69 Å². The van der Waals surface area contributed by atoms with Crippen molar-refractivity contribution in [2.24, 2.45) is 7.05 Å². The van der Waals surface area contributed by atoms with Gasteiger partial charge < -0.3 is 15.2 Å². The molecule has 0 fully saturated rings. The fourth-order valence-corrected chi connectivity index (χ4v) is 2.45. The van der Waals surface area contributed by atoms with Crippen LogP contribution in [-0.4, -0.2) is 28.6 Å². The first-order valence-corrected chi connectivity index (χ1v) is 7.16. The van der Waals surface area contributed by atoms with Crippen LogP contribution >= 0.6 is 0 Å². The highest BCUT2D eigenvalue weighted by molar-refractivity contribution is 5.47. The van der Waals surface area contributed by atoms with Gasteiger partial charge in [-0.2, -0.15) is 5.10 Å². The number of rotatable bonds is 7. The minimum Gasteiger partial charge on any atom is -0.481 e. The van der Waals surface area contributed by atoms with E-state index in [9.17, 15) is 0 Å². The van der Waals surface area contributed by atoms with Crippen molar-refractivity contribution in [1.29, 1.82) is 0 Å². The molecular formula is C16H23N3O2. The second-order valence-electron chi connectivity index (χ2n) is 5.08. The standard InChI is InChI=1S/C16H23N3O2/c1-12-15(16(21-3)19(2)18-12)11-17-14-8-4-6-13(10-14)7-5-9-20/h4,6,8,10,17,20H,5,7,9,11H2,1-3H3. The Bertz CT molecular complexity index is 593. The minimum atomic E-state index is 0.226. The molecule has 0 saturated heterocycles. The number of aromatic nitrogens is 2. The Morgan fingerprint density at radius 1 is 1.38 bits per heavy atom. The summed E-state index contributed by atoms with van der Waals surface area (Å²) in [5.41, 5.74) is 4.33. The fourth-order valence-electron chi connectivity index (χ4n) is 2.45. The quantitative estimate of drug-likeness (QED) is 0.821. The molecular weight excluding hydrogens is 266 g/mol. The van der Waals surface area contributed by atoms with Crippen LogP contribution in [0.5, 0.6) is 5.88 Å². The van der Waals surface area contributed by atoms with E-state index < -0.39 is 0 Å². The number of aryl methyl sites for hydroxylation is 3. The lowest BCUT2D eigenvalue weighted by atomic mass is 10.1. The third-order valence-electron chi connectivity index (χ3n) is 3.50. The van der Waals surface area contributed by atoms with Gasteiger partial charge in [-0.3, -0.25) is 0 Å². The minimum absolute atomic E-state index is 0.226. The molecule has 1 aromatic carbocycles. The third-order valence-corrected chi connectivity index (χ3v) is 3.50. The van der Waals surface area contributed by atoms with Crippen LogP contribution in [0.15, 0.2) is 24.3 Å². The van der Waals surface area contributed by atoms with Gasteiger partial charge in [0.15, 0.2) is 0 Å². The zero-order valence-electron chi connectivity index (χ0n) is 12.9. The van der Waals surface area contributed by atoms with Crippen LogP contribution in [0.25, 0.3) is 0 Å². The first-order chi connectivity index (χ1) is 10.2. The average Bonchev–Trinajstić information content (AvgIpc) is 2.76. The zero-order chi connectivity index (χ0) is 15.2.